The minimum atomic E-state index is -1.01. The van der Waals surface area contributed by atoms with Crippen LogP contribution in [0.1, 0.15) is 15.9 Å². The van der Waals surface area contributed by atoms with Gasteiger partial charge >= 0.3 is 5.97 Å². The van der Waals surface area contributed by atoms with Gasteiger partial charge in [0.2, 0.25) is 0 Å². The third-order valence-corrected chi connectivity index (χ3v) is 2.77. The number of pyridine rings is 1. The van der Waals surface area contributed by atoms with Gasteiger partial charge < -0.3 is 16.2 Å². The van der Waals surface area contributed by atoms with Gasteiger partial charge in [-0.1, -0.05) is 0 Å². The van der Waals surface area contributed by atoms with Crippen molar-refractivity contribution in [3.63, 3.8) is 0 Å². The van der Waals surface area contributed by atoms with Gasteiger partial charge in [0, 0.05) is 30.3 Å². The minimum Gasteiger partial charge on any atom is -0.478 e. The molecule has 1 heterocycles. The molecule has 0 atom stereocenters. The fourth-order valence-electron chi connectivity index (χ4n) is 1.77. The average molecular weight is 257 g/mol. The summed E-state index contributed by atoms with van der Waals surface area (Å²) >= 11 is 0. The monoisotopic (exact) mass is 257 g/mol. The molecule has 0 spiro atoms. The quantitative estimate of drug-likeness (QED) is 0.713. The van der Waals surface area contributed by atoms with Crippen LogP contribution in [-0.2, 0) is 6.42 Å². The van der Waals surface area contributed by atoms with E-state index in [1.54, 1.807) is 24.5 Å². The second-order valence-electron chi connectivity index (χ2n) is 4.14. The van der Waals surface area contributed by atoms with Gasteiger partial charge in [0.1, 0.15) is 0 Å². The highest BCUT2D eigenvalue weighted by molar-refractivity contribution is 5.94. The Morgan fingerprint density at radius 2 is 2.00 bits per heavy atom. The summed E-state index contributed by atoms with van der Waals surface area (Å²) in [4.78, 5) is 14.8. The van der Waals surface area contributed by atoms with Gasteiger partial charge in [-0.2, -0.15) is 0 Å². The lowest BCUT2D eigenvalue weighted by molar-refractivity contribution is 0.0698. The topological polar surface area (TPSA) is 88.2 Å². The van der Waals surface area contributed by atoms with Gasteiger partial charge in [0.25, 0.3) is 0 Å². The van der Waals surface area contributed by atoms with E-state index in [4.69, 9.17) is 10.8 Å². The molecule has 0 fully saturated rings. The van der Waals surface area contributed by atoms with Crippen LogP contribution in [0.3, 0.4) is 0 Å². The number of benzene rings is 1. The summed E-state index contributed by atoms with van der Waals surface area (Å²) in [5.74, 6) is -1.01. The highest BCUT2D eigenvalue weighted by Gasteiger charge is 2.07. The lowest BCUT2D eigenvalue weighted by atomic mass is 10.1. The summed E-state index contributed by atoms with van der Waals surface area (Å²) in [5, 5.41) is 12.1. The molecule has 1 aromatic carbocycles. The van der Waals surface area contributed by atoms with E-state index in [9.17, 15) is 4.79 Å². The second kappa shape index (κ2) is 5.86. The van der Waals surface area contributed by atoms with Crippen molar-refractivity contribution in [2.24, 2.45) is 0 Å². The van der Waals surface area contributed by atoms with Gasteiger partial charge in [-0.3, -0.25) is 4.98 Å². The molecule has 19 heavy (non-hydrogen) atoms. The summed E-state index contributed by atoms with van der Waals surface area (Å²) in [6.07, 6.45) is 4.38. The molecule has 0 radical (unpaired) electrons. The number of aromatic nitrogens is 1. The van der Waals surface area contributed by atoms with Crippen molar-refractivity contribution in [2.75, 3.05) is 17.6 Å². The third kappa shape index (κ3) is 3.45. The maximum Gasteiger partial charge on any atom is 0.337 e. The molecular weight excluding hydrogens is 242 g/mol. The zero-order valence-electron chi connectivity index (χ0n) is 10.3. The van der Waals surface area contributed by atoms with E-state index >= 15 is 0 Å². The molecule has 98 valence electrons. The molecule has 4 N–H and O–H groups in total. The van der Waals surface area contributed by atoms with Crippen LogP contribution in [0.4, 0.5) is 11.4 Å². The van der Waals surface area contributed by atoms with Crippen molar-refractivity contribution in [1.82, 2.24) is 4.98 Å². The van der Waals surface area contributed by atoms with Crippen LogP contribution in [0.5, 0.6) is 0 Å². The smallest absolute Gasteiger partial charge is 0.337 e. The van der Waals surface area contributed by atoms with Gasteiger partial charge in [0.15, 0.2) is 0 Å². The molecule has 5 nitrogen and oxygen atoms in total. The Kier molecular flexibility index (Phi) is 3.97. The Balaban J connectivity index is 1.93. The molecule has 0 amide bonds. The number of carbonyl (C=O) groups is 1. The second-order valence-corrected chi connectivity index (χ2v) is 4.14. The van der Waals surface area contributed by atoms with Crippen LogP contribution in [0.15, 0.2) is 42.7 Å². The molecule has 0 bridgehead atoms. The number of carboxylic acids is 1. The first kappa shape index (κ1) is 12.9. The minimum absolute atomic E-state index is 0.125. The molecule has 2 rings (SSSR count). The van der Waals surface area contributed by atoms with E-state index in [2.05, 4.69) is 10.3 Å². The Morgan fingerprint density at radius 1 is 1.26 bits per heavy atom. The van der Waals surface area contributed by atoms with Crippen LogP contribution in [0.2, 0.25) is 0 Å². The summed E-state index contributed by atoms with van der Waals surface area (Å²) in [6.45, 7) is 0.746. The molecule has 0 aliphatic heterocycles. The Morgan fingerprint density at radius 3 is 2.63 bits per heavy atom. The molecule has 0 unspecified atom stereocenters. The fraction of sp³-hybridized carbons (Fsp3) is 0.143. The zero-order chi connectivity index (χ0) is 13.7. The average Bonchev–Trinajstić information content (AvgIpc) is 2.39. The van der Waals surface area contributed by atoms with Crippen LogP contribution < -0.4 is 11.1 Å². The van der Waals surface area contributed by atoms with Crippen molar-refractivity contribution in [3.05, 3.63) is 53.9 Å². The Labute approximate surface area is 111 Å². The lowest BCUT2D eigenvalue weighted by Crippen LogP contribution is -2.07. The SMILES string of the molecule is Nc1cc(NCCc2ccncc2)ccc1C(=O)O. The molecule has 1 aromatic heterocycles. The molecule has 0 aliphatic carbocycles. The van der Waals surface area contributed by atoms with Gasteiger partial charge in [-0.05, 0) is 42.3 Å². The van der Waals surface area contributed by atoms with Crippen molar-refractivity contribution in [3.8, 4) is 0 Å². The van der Waals surface area contributed by atoms with Crippen LogP contribution in [0, 0.1) is 0 Å². The number of carboxylic acid groups (broad SMARTS) is 1. The Bertz CT molecular complexity index is 570. The Hall–Kier alpha value is -2.56. The first-order chi connectivity index (χ1) is 9.16. The van der Waals surface area contributed by atoms with Gasteiger partial charge in [-0.25, -0.2) is 4.79 Å². The highest BCUT2D eigenvalue weighted by atomic mass is 16.4. The van der Waals surface area contributed by atoms with Crippen molar-refractivity contribution in [1.29, 1.82) is 0 Å². The predicted molar refractivity (Wildman–Crippen MR) is 74.2 cm³/mol. The van der Waals surface area contributed by atoms with Crippen LogP contribution in [0.25, 0.3) is 0 Å². The van der Waals surface area contributed by atoms with E-state index in [1.165, 1.54) is 11.6 Å². The number of anilines is 2. The normalized spacial score (nSPS) is 10.1. The van der Waals surface area contributed by atoms with E-state index in [-0.39, 0.29) is 11.3 Å². The lowest BCUT2D eigenvalue weighted by Gasteiger charge is -2.08. The number of hydrogen-bond acceptors (Lipinski definition) is 4. The number of rotatable bonds is 5. The van der Waals surface area contributed by atoms with Crippen molar-refractivity contribution < 1.29 is 9.90 Å². The molecule has 5 heteroatoms. The summed E-state index contributed by atoms with van der Waals surface area (Å²) < 4.78 is 0. The number of aromatic carboxylic acids is 1. The number of nitrogens with one attached hydrogen (secondary N) is 1. The van der Waals surface area contributed by atoms with E-state index in [0.29, 0.717) is 0 Å². The van der Waals surface area contributed by atoms with Crippen molar-refractivity contribution >= 4 is 17.3 Å². The first-order valence-corrected chi connectivity index (χ1v) is 5.92. The maximum atomic E-state index is 10.8. The van der Waals surface area contributed by atoms with Crippen molar-refractivity contribution in [2.45, 2.75) is 6.42 Å². The summed E-state index contributed by atoms with van der Waals surface area (Å²) in [7, 11) is 0. The third-order valence-electron chi connectivity index (χ3n) is 2.77. The molecule has 0 aliphatic rings. The first-order valence-electron chi connectivity index (χ1n) is 5.92. The fourth-order valence-corrected chi connectivity index (χ4v) is 1.77. The van der Waals surface area contributed by atoms with Gasteiger partial charge in [0.05, 0.1) is 5.56 Å². The standard InChI is InChI=1S/C14H15N3O2/c15-13-9-11(1-2-12(13)14(18)19)17-8-5-10-3-6-16-7-4-10/h1-4,6-7,9,17H,5,8,15H2,(H,18,19). The number of nitrogens with zero attached hydrogens (tertiary/aromatic N) is 1. The van der Waals surface area contributed by atoms with Crippen LogP contribution in [-0.4, -0.2) is 22.6 Å². The van der Waals surface area contributed by atoms with E-state index in [1.807, 2.05) is 12.1 Å². The predicted octanol–water partition coefficient (Wildman–Crippen LogP) is 2.02. The molecule has 0 saturated carbocycles. The van der Waals surface area contributed by atoms with E-state index in [0.717, 1.165) is 18.7 Å². The zero-order valence-corrected chi connectivity index (χ0v) is 10.3. The largest absolute Gasteiger partial charge is 0.478 e. The maximum absolute atomic E-state index is 10.8. The molecule has 0 saturated heterocycles. The number of nitrogens with two attached hydrogens (primary N) is 1. The molecule has 2 aromatic rings. The van der Waals surface area contributed by atoms with E-state index < -0.39 is 5.97 Å². The summed E-state index contributed by atoms with van der Waals surface area (Å²) in [6, 6.07) is 8.78. The van der Waals surface area contributed by atoms with Crippen LogP contribution >= 0.6 is 0 Å². The number of nitrogen functional groups attached to an aromatic ring is 1. The molecular formula is C14H15N3O2. The number of hydrogen-bond donors (Lipinski definition) is 3. The highest BCUT2D eigenvalue weighted by Crippen LogP contribution is 2.18. The summed E-state index contributed by atoms with van der Waals surface area (Å²) in [5.41, 5.74) is 8.07. The van der Waals surface area contributed by atoms with Gasteiger partial charge in [-0.15, -0.1) is 0 Å².